The Morgan fingerprint density at radius 3 is 1.00 bits per heavy atom. The lowest BCUT2D eigenvalue weighted by Crippen LogP contribution is -2.17. The van der Waals surface area contributed by atoms with Gasteiger partial charge in [0.2, 0.25) is 0 Å². The maximum Gasteiger partial charge on any atom is 0.0657 e. The molecule has 2 aromatic carbocycles. The van der Waals surface area contributed by atoms with Crippen molar-refractivity contribution in [2.24, 2.45) is 35.5 Å². The van der Waals surface area contributed by atoms with Gasteiger partial charge >= 0.3 is 0 Å². The Balaban J connectivity index is 1.13. The molecular formula is C54H82O. The Bertz CT molecular complexity index is 1290. The van der Waals surface area contributed by atoms with E-state index in [2.05, 4.69) is 88.4 Å². The molecule has 0 radical (unpaired) electrons. The maximum atomic E-state index is 6.58. The quantitative estimate of drug-likeness (QED) is 0.138. The van der Waals surface area contributed by atoms with Crippen molar-refractivity contribution in [3.05, 3.63) is 82.9 Å². The summed E-state index contributed by atoms with van der Waals surface area (Å²) in [6.45, 7) is 10.8. The zero-order chi connectivity index (χ0) is 38.2. The molecule has 0 N–H and O–H groups in total. The van der Waals surface area contributed by atoms with E-state index in [0.29, 0.717) is 25.0 Å². The van der Waals surface area contributed by atoms with Crippen LogP contribution in [-0.4, -0.2) is 13.2 Å². The summed E-state index contributed by atoms with van der Waals surface area (Å²) in [5.74, 6) is 6.64. The molecule has 0 aromatic heterocycles. The topological polar surface area (TPSA) is 9.23 Å². The molecule has 304 valence electrons. The molecule has 0 heterocycles. The van der Waals surface area contributed by atoms with Gasteiger partial charge in [-0.15, -0.1) is 0 Å². The highest BCUT2D eigenvalue weighted by Crippen LogP contribution is 2.43. The molecule has 4 aliphatic carbocycles. The number of benzene rings is 2. The Labute approximate surface area is 340 Å². The lowest BCUT2D eigenvalue weighted by molar-refractivity contribution is 0.193. The van der Waals surface area contributed by atoms with Crippen molar-refractivity contribution in [2.45, 2.75) is 194 Å². The lowest BCUT2D eigenvalue weighted by Gasteiger charge is -2.31. The predicted octanol–water partition coefficient (Wildman–Crippen LogP) is 16.5. The van der Waals surface area contributed by atoms with E-state index < -0.39 is 0 Å². The van der Waals surface area contributed by atoms with E-state index in [1.807, 2.05) is 0 Å². The molecule has 0 amide bonds. The van der Waals surface area contributed by atoms with Gasteiger partial charge in [-0.3, -0.25) is 0 Å². The standard InChI is InChI=1S/C54H82O/c1-5-9-41-13-21-45(22-14-41)47-29-33-51(34-30-47)53(49-25-17-43(11-7-3)18-26-49)37-39-55-40-38-54(50-27-19-44(12-8-4)20-28-50)52-35-31-48(32-36-52)46-23-15-42(10-6-2)16-24-46/h29-38,41-46,49-50H,5-28,39-40H2,1-4H3/t41-,42-,43-,44-,45-,46-,49-,50-. The minimum Gasteiger partial charge on any atom is -0.373 e. The molecule has 0 unspecified atom stereocenters. The summed E-state index contributed by atoms with van der Waals surface area (Å²) in [4.78, 5) is 0. The fourth-order valence-corrected chi connectivity index (χ4v) is 12.0. The molecule has 1 nitrogen and oxygen atoms in total. The molecule has 4 saturated carbocycles. The van der Waals surface area contributed by atoms with E-state index in [9.17, 15) is 0 Å². The second-order valence-electron chi connectivity index (χ2n) is 19.1. The number of rotatable bonds is 18. The highest BCUT2D eigenvalue weighted by atomic mass is 16.5. The van der Waals surface area contributed by atoms with Gasteiger partial charge in [0.05, 0.1) is 13.2 Å². The average Bonchev–Trinajstić information content (AvgIpc) is 3.23. The zero-order valence-corrected chi connectivity index (χ0v) is 36.2. The van der Waals surface area contributed by atoms with Crippen LogP contribution in [0.5, 0.6) is 0 Å². The monoisotopic (exact) mass is 747 g/mol. The Hall–Kier alpha value is -2.12. The number of ether oxygens (including phenoxy) is 1. The van der Waals surface area contributed by atoms with Crippen molar-refractivity contribution < 1.29 is 4.74 Å². The molecule has 0 bridgehead atoms. The van der Waals surface area contributed by atoms with Gasteiger partial charge in [-0.1, -0.05) is 140 Å². The number of hydrogen-bond acceptors (Lipinski definition) is 1. The smallest absolute Gasteiger partial charge is 0.0657 e. The SMILES string of the molecule is CCC[C@H]1CC[C@H](C(=CCOCC=C(c2ccc([C@H]3CC[C@H](CCC)CC3)cc2)[C@H]2CC[C@H](CCC)CC2)c2ccc([C@H]3CC[C@H](CCC)CC3)cc2)CC1. The second-order valence-corrected chi connectivity index (χ2v) is 19.1. The average molecular weight is 747 g/mol. The van der Waals surface area contributed by atoms with Crippen LogP contribution >= 0.6 is 0 Å². The van der Waals surface area contributed by atoms with E-state index >= 15 is 0 Å². The van der Waals surface area contributed by atoms with E-state index in [1.165, 1.54) is 165 Å². The molecule has 55 heavy (non-hydrogen) atoms. The van der Waals surface area contributed by atoms with Gasteiger partial charge in [-0.2, -0.15) is 0 Å². The summed E-state index contributed by atoms with van der Waals surface area (Å²) < 4.78 is 6.58. The van der Waals surface area contributed by atoms with Crippen LogP contribution in [0.3, 0.4) is 0 Å². The third kappa shape index (κ3) is 12.4. The fourth-order valence-electron chi connectivity index (χ4n) is 12.0. The van der Waals surface area contributed by atoms with Gasteiger partial charge in [0.15, 0.2) is 0 Å². The summed E-state index contributed by atoms with van der Waals surface area (Å²) in [5, 5.41) is 0. The van der Waals surface area contributed by atoms with Gasteiger partial charge in [0.1, 0.15) is 0 Å². The van der Waals surface area contributed by atoms with Crippen molar-refractivity contribution in [2.75, 3.05) is 13.2 Å². The third-order valence-electron chi connectivity index (χ3n) is 15.3. The van der Waals surface area contributed by atoms with E-state index in [0.717, 1.165) is 35.5 Å². The van der Waals surface area contributed by atoms with Crippen molar-refractivity contribution in [1.29, 1.82) is 0 Å². The van der Waals surface area contributed by atoms with Crippen LogP contribution in [0.4, 0.5) is 0 Å². The molecule has 2 aromatic rings. The van der Waals surface area contributed by atoms with Crippen LogP contribution in [0.1, 0.15) is 216 Å². The first-order valence-electron chi connectivity index (χ1n) is 24.3. The number of hydrogen-bond donors (Lipinski definition) is 0. The summed E-state index contributed by atoms with van der Waals surface area (Å²) >= 11 is 0. The first-order chi connectivity index (χ1) is 27.1. The summed E-state index contributed by atoms with van der Waals surface area (Å²) in [6, 6.07) is 19.9. The van der Waals surface area contributed by atoms with E-state index in [1.54, 1.807) is 22.3 Å². The molecule has 0 spiro atoms. The van der Waals surface area contributed by atoms with Gasteiger partial charge in [0.25, 0.3) is 0 Å². The molecule has 0 atom stereocenters. The highest BCUT2D eigenvalue weighted by molar-refractivity contribution is 5.69. The number of allylic oxidation sites excluding steroid dienone is 2. The van der Waals surface area contributed by atoms with Gasteiger partial charge in [0, 0.05) is 0 Å². The van der Waals surface area contributed by atoms with Crippen LogP contribution in [0.25, 0.3) is 11.1 Å². The fraction of sp³-hybridized carbons (Fsp3) is 0.704. The van der Waals surface area contributed by atoms with Gasteiger partial charge < -0.3 is 4.74 Å². The first-order valence-corrected chi connectivity index (χ1v) is 24.3. The van der Waals surface area contributed by atoms with Crippen molar-refractivity contribution in [3.8, 4) is 0 Å². The Morgan fingerprint density at radius 1 is 0.418 bits per heavy atom. The highest BCUT2D eigenvalue weighted by Gasteiger charge is 2.27. The third-order valence-corrected chi connectivity index (χ3v) is 15.3. The van der Waals surface area contributed by atoms with Crippen molar-refractivity contribution >= 4 is 11.1 Å². The summed E-state index contributed by atoms with van der Waals surface area (Å²) in [6.07, 6.45) is 38.1. The molecule has 0 aliphatic heterocycles. The molecule has 4 aliphatic rings. The van der Waals surface area contributed by atoms with Crippen LogP contribution in [-0.2, 0) is 4.74 Å². The van der Waals surface area contributed by atoms with Crippen LogP contribution in [0, 0.1) is 35.5 Å². The zero-order valence-electron chi connectivity index (χ0n) is 36.2. The molecule has 1 heteroatoms. The second kappa shape index (κ2) is 22.7. The molecule has 6 rings (SSSR count). The van der Waals surface area contributed by atoms with Gasteiger partial charge in [-0.05, 0) is 183 Å². The van der Waals surface area contributed by atoms with Crippen molar-refractivity contribution in [1.82, 2.24) is 0 Å². The minimum atomic E-state index is 0.664. The van der Waals surface area contributed by atoms with Crippen LogP contribution in [0.2, 0.25) is 0 Å². The van der Waals surface area contributed by atoms with Crippen LogP contribution < -0.4 is 0 Å². The minimum absolute atomic E-state index is 0.664. The molecule has 0 saturated heterocycles. The van der Waals surface area contributed by atoms with E-state index in [4.69, 9.17) is 4.74 Å². The summed E-state index contributed by atoms with van der Waals surface area (Å²) in [5.41, 5.74) is 9.18. The molecular weight excluding hydrogens is 665 g/mol. The van der Waals surface area contributed by atoms with Gasteiger partial charge in [-0.25, -0.2) is 0 Å². The Kier molecular flexibility index (Phi) is 17.6. The van der Waals surface area contributed by atoms with E-state index in [-0.39, 0.29) is 0 Å². The molecule has 4 fully saturated rings. The maximum absolute atomic E-state index is 6.58. The first kappa shape index (κ1) is 42.5. The summed E-state index contributed by atoms with van der Waals surface area (Å²) in [7, 11) is 0. The van der Waals surface area contributed by atoms with Crippen molar-refractivity contribution in [3.63, 3.8) is 0 Å². The normalized spacial score (nSPS) is 29.7. The predicted molar refractivity (Wildman–Crippen MR) is 240 cm³/mol. The Morgan fingerprint density at radius 2 is 0.709 bits per heavy atom. The van der Waals surface area contributed by atoms with Crippen LogP contribution in [0.15, 0.2) is 60.7 Å². The lowest BCUT2D eigenvalue weighted by atomic mass is 9.74. The largest absolute Gasteiger partial charge is 0.373 e.